The van der Waals surface area contributed by atoms with Crippen LogP contribution in [0.5, 0.6) is 0 Å². The predicted molar refractivity (Wildman–Crippen MR) is 84.6 cm³/mol. The minimum atomic E-state index is -0.669. The van der Waals surface area contributed by atoms with Crippen molar-refractivity contribution in [3.63, 3.8) is 0 Å². The summed E-state index contributed by atoms with van der Waals surface area (Å²) in [7, 11) is 0. The molecule has 114 valence electrons. The van der Waals surface area contributed by atoms with E-state index in [1.165, 1.54) is 36.8 Å². The number of carboxylic acid groups (broad SMARTS) is 1. The maximum Gasteiger partial charge on any atom is 0.304 e. The SMILES string of the molecule is CC1(C)CCC(c2cccc(C3(CC(=O)O)CC3)c2)CC1. The van der Waals surface area contributed by atoms with Crippen molar-refractivity contribution in [1.29, 1.82) is 0 Å². The van der Waals surface area contributed by atoms with Gasteiger partial charge in [-0.15, -0.1) is 0 Å². The normalized spacial score (nSPS) is 23.7. The highest BCUT2D eigenvalue weighted by Gasteiger charge is 2.46. The molecule has 1 aromatic carbocycles. The Labute approximate surface area is 127 Å². The maximum atomic E-state index is 11.1. The van der Waals surface area contributed by atoms with Gasteiger partial charge in [-0.1, -0.05) is 38.1 Å². The van der Waals surface area contributed by atoms with E-state index in [0.29, 0.717) is 11.3 Å². The third-order valence-corrected chi connectivity index (χ3v) is 5.65. The molecule has 2 fully saturated rings. The molecule has 0 atom stereocenters. The van der Waals surface area contributed by atoms with Crippen LogP contribution in [0.25, 0.3) is 0 Å². The number of rotatable bonds is 4. The van der Waals surface area contributed by atoms with Crippen LogP contribution < -0.4 is 0 Å². The standard InChI is InChI=1S/C19H26O2/c1-18(2)8-6-14(7-9-18)15-4-3-5-16(12-15)19(10-11-19)13-17(20)21/h3-5,12,14H,6-11,13H2,1-2H3,(H,20,21). The van der Waals surface area contributed by atoms with Crippen molar-refractivity contribution in [3.8, 4) is 0 Å². The molecule has 0 heterocycles. The Morgan fingerprint density at radius 3 is 2.43 bits per heavy atom. The fourth-order valence-corrected chi connectivity index (χ4v) is 3.86. The van der Waals surface area contributed by atoms with Crippen molar-refractivity contribution in [2.75, 3.05) is 0 Å². The first-order chi connectivity index (χ1) is 9.90. The van der Waals surface area contributed by atoms with Crippen LogP contribution in [0.2, 0.25) is 0 Å². The summed E-state index contributed by atoms with van der Waals surface area (Å²) >= 11 is 0. The molecule has 0 radical (unpaired) electrons. The summed E-state index contributed by atoms with van der Waals surface area (Å²) in [5.41, 5.74) is 3.12. The van der Waals surface area contributed by atoms with Gasteiger partial charge in [0.05, 0.1) is 6.42 Å². The monoisotopic (exact) mass is 286 g/mol. The summed E-state index contributed by atoms with van der Waals surface area (Å²) in [4.78, 5) is 11.1. The van der Waals surface area contributed by atoms with Crippen LogP contribution in [-0.2, 0) is 10.2 Å². The lowest BCUT2D eigenvalue weighted by Gasteiger charge is -2.34. The van der Waals surface area contributed by atoms with Gasteiger partial charge in [-0.25, -0.2) is 0 Å². The van der Waals surface area contributed by atoms with Crippen molar-refractivity contribution in [1.82, 2.24) is 0 Å². The molecule has 2 nitrogen and oxygen atoms in total. The molecule has 2 heteroatoms. The van der Waals surface area contributed by atoms with E-state index in [4.69, 9.17) is 5.11 Å². The fourth-order valence-electron chi connectivity index (χ4n) is 3.86. The smallest absolute Gasteiger partial charge is 0.304 e. The Hall–Kier alpha value is -1.31. The first-order valence-corrected chi connectivity index (χ1v) is 8.23. The molecule has 3 rings (SSSR count). The van der Waals surface area contributed by atoms with Crippen molar-refractivity contribution in [2.45, 2.75) is 70.1 Å². The highest BCUT2D eigenvalue weighted by molar-refractivity contribution is 5.70. The summed E-state index contributed by atoms with van der Waals surface area (Å²) in [5.74, 6) is -0.00378. The molecule has 0 spiro atoms. The minimum Gasteiger partial charge on any atom is -0.481 e. The van der Waals surface area contributed by atoms with Crippen molar-refractivity contribution < 1.29 is 9.90 Å². The Bertz CT molecular complexity index is 530. The maximum absolute atomic E-state index is 11.1. The Kier molecular flexibility index (Phi) is 3.59. The average Bonchev–Trinajstić information content (AvgIpc) is 3.19. The molecule has 1 N–H and O–H groups in total. The molecule has 0 unspecified atom stereocenters. The fraction of sp³-hybridized carbons (Fsp3) is 0.632. The molecule has 0 aliphatic heterocycles. The van der Waals surface area contributed by atoms with Gasteiger partial charge in [-0.2, -0.15) is 0 Å². The molecule has 1 aromatic rings. The largest absolute Gasteiger partial charge is 0.481 e. The first kappa shape index (κ1) is 14.6. The molecule has 0 bridgehead atoms. The summed E-state index contributed by atoms with van der Waals surface area (Å²) in [6.07, 6.45) is 7.46. The van der Waals surface area contributed by atoms with E-state index in [-0.39, 0.29) is 11.8 Å². The van der Waals surface area contributed by atoms with Gasteiger partial charge in [0.15, 0.2) is 0 Å². The van der Waals surface area contributed by atoms with E-state index < -0.39 is 5.97 Å². The van der Waals surface area contributed by atoms with E-state index in [1.54, 1.807) is 0 Å². The number of hydrogen-bond acceptors (Lipinski definition) is 1. The first-order valence-electron chi connectivity index (χ1n) is 8.23. The van der Waals surface area contributed by atoms with Gasteiger partial charge in [-0.05, 0) is 61.0 Å². The number of aliphatic carboxylic acids is 1. The second kappa shape index (κ2) is 5.15. The molecule has 21 heavy (non-hydrogen) atoms. The van der Waals surface area contributed by atoms with Gasteiger partial charge in [0, 0.05) is 5.41 Å². The number of hydrogen-bond donors (Lipinski definition) is 1. The topological polar surface area (TPSA) is 37.3 Å². The van der Waals surface area contributed by atoms with E-state index in [0.717, 1.165) is 12.8 Å². The third-order valence-electron chi connectivity index (χ3n) is 5.65. The Morgan fingerprint density at radius 1 is 1.19 bits per heavy atom. The lowest BCUT2D eigenvalue weighted by molar-refractivity contribution is -0.137. The van der Waals surface area contributed by atoms with Gasteiger partial charge in [0.1, 0.15) is 0 Å². The van der Waals surface area contributed by atoms with Crippen LogP contribution >= 0.6 is 0 Å². The zero-order valence-electron chi connectivity index (χ0n) is 13.2. The number of carbonyl (C=O) groups is 1. The molecule has 0 saturated heterocycles. The molecular weight excluding hydrogens is 260 g/mol. The molecular formula is C19H26O2. The molecule has 2 saturated carbocycles. The van der Waals surface area contributed by atoms with Crippen molar-refractivity contribution >= 4 is 5.97 Å². The summed E-state index contributed by atoms with van der Waals surface area (Å²) in [6.45, 7) is 4.73. The second-order valence-electron chi connectivity index (χ2n) is 7.91. The summed E-state index contributed by atoms with van der Waals surface area (Å²) < 4.78 is 0. The van der Waals surface area contributed by atoms with E-state index in [2.05, 4.69) is 38.1 Å². The van der Waals surface area contributed by atoms with Crippen LogP contribution in [0.1, 0.15) is 75.8 Å². The lowest BCUT2D eigenvalue weighted by atomic mass is 9.71. The highest BCUT2D eigenvalue weighted by Crippen LogP contribution is 2.52. The van der Waals surface area contributed by atoms with Crippen LogP contribution in [0.4, 0.5) is 0 Å². The molecule has 0 amide bonds. The lowest BCUT2D eigenvalue weighted by Crippen LogP contribution is -2.20. The van der Waals surface area contributed by atoms with Gasteiger partial charge < -0.3 is 5.11 Å². The van der Waals surface area contributed by atoms with Crippen LogP contribution in [0.15, 0.2) is 24.3 Å². The molecule has 2 aliphatic rings. The summed E-state index contributed by atoms with van der Waals surface area (Å²) in [5, 5.41) is 9.13. The molecule has 2 aliphatic carbocycles. The zero-order chi connectivity index (χ0) is 15.1. The quantitative estimate of drug-likeness (QED) is 0.856. The highest BCUT2D eigenvalue weighted by atomic mass is 16.4. The van der Waals surface area contributed by atoms with Gasteiger partial charge in [-0.3, -0.25) is 4.79 Å². The van der Waals surface area contributed by atoms with Gasteiger partial charge in [0.25, 0.3) is 0 Å². The van der Waals surface area contributed by atoms with Crippen molar-refractivity contribution in [2.24, 2.45) is 5.41 Å². The summed E-state index contributed by atoms with van der Waals surface area (Å²) in [6, 6.07) is 8.81. The van der Waals surface area contributed by atoms with E-state index in [9.17, 15) is 4.79 Å². The Balaban J connectivity index is 1.77. The predicted octanol–water partition coefficient (Wildman–Crippen LogP) is 4.88. The van der Waals surface area contributed by atoms with E-state index in [1.807, 2.05) is 0 Å². The van der Waals surface area contributed by atoms with Crippen molar-refractivity contribution in [3.05, 3.63) is 35.4 Å². The van der Waals surface area contributed by atoms with Gasteiger partial charge in [0.2, 0.25) is 0 Å². The average molecular weight is 286 g/mol. The van der Waals surface area contributed by atoms with E-state index >= 15 is 0 Å². The third kappa shape index (κ3) is 3.14. The number of carboxylic acids is 1. The molecule has 0 aromatic heterocycles. The van der Waals surface area contributed by atoms with Crippen LogP contribution in [-0.4, -0.2) is 11.1 Å². The second-order valence-corrected chi connectivity index (χ2v) is 7.91. The number of benzene rings is 1. The Morgan fingerprint density at radius 2 is 1.86 bits per heavy atom. The minimum absolute atomic E-state index is 0.0597. The zero-order valence-corrected chi connectivity index (χ0v) is 13.2. The van der Waals surface area contributed by atoms with Gasteiger partial charge >= 0.3 is 5.97 Å². The van der Waals surface area contributed by atoms with Crippen LogP contribution in [0, 0.1) is 5.41 Å². The van der Waals surface area contributed by atoms with Crippen LogP contribution in [0.3, 0.4) is 0 Å².